The summed E-state index contributed by atoms with van der Waals surface area (Å²) in [4.78, 5) is 16.2. The minimum absolute atomic E-state index is 0.0509. The first-order valence-electron chi connectivity index (χ1n) is 7.43. The Morgan fingerprint density at radius 2 is 1.76 bits per heavy atom. The molecule has 0 aromatic heterocycles. The van der Waals surface area contributed by atoms with Crippen LogP contribution >= 0.6 is 0 Å². The summed E-state index contributed by atoms with van der Waals surface area (Å²) in [7, 11) is 6.20. The minimum Gasteiger partial charge on any atom is -0.326 e. The van der Waals surface area contributed by atoms with Crippen molar-refractivity contribution >= 4 is 11.6 Å². The molecule has 1 aromatic carbocycles. The number of nitrogens with one attached hydrogen (secondary N) is 1. The number of amides is 1. The zero-order valence-corrected chi connectivity index (χ0v) is 13.4. The van der Waals surface area contributed by atoms with Crippen molar-refractivity contribution in [1.29, 1.82) is 0 Å². The minimum atomic E-state index is 0.0509. The summed E-state index contributed by atoms with van der Waals surface area (Å²) in [5.41, 5.74) is 7.43. The molecule has 0 aliphatic carbocycles. The average Bonchev–Trinajstić information content (AvgIpc) is 2.45. The molecule has 3 N–H and O–H groups in total. The van der Waals surface area contributed by atoms with Crippen molar-refractivity contribution in [2.24, 2.45) is 5.73 Å². The number of nitrogens with two attached hydrogens (primary N) is 1. The van der Waals surface area contributed by atoms with Crippen LogP contribution in [0, 0.1) is 0 Å². The van der Waals surface area contributed by atoms with Gasteiger partial charge in [0.1, 0.15) is 0 Å². The normalized spacial score (nSPS) is 11.1. The number of carbonyl (C=O) groups excluding carboxylic acids is 1. The molecule has 1 rings (SSSR count). The third kappa shape index (κ3) is 7.80. The smallest absolute Gasteiger partial charge is 0.225 e. The van der Waals surface area contributed by atoms with Crippen LogP contribution in [0.5, 0.6) is 0 Å². The van der Waals surface area contributed by atoms with E-state index in [0.29, 0.717) is 13.0 Å². The van der Waals surface area contributed by atoms with Crippen LogP contribution in [0.25, 0.3) is 0 Å². The Labute approximate surface area is 128 Å². The van der Waals surface area contributed by atoms with E-state index in [2.05, 4.69) is 36.3 Å². The Morgan fingerprint density at radius 3 is 2.33 bits per heavy atom. The largest absolute Gasteiger partial charge is 0.326 e. The molecule has 0 heterocycles. The van der Waals surface area contributed by atoms with Crippen molar-refractivity contribution in [3.8, 4) is 0 Å². The molecule has 0 fully saturated rings. The van der Waals surface area contributed by atoms with Crippen LogP contribution < -0.4 is 11.1 Å². The van der Waals surface area contributed by atoms with Crippen LogP contribution in [0.3, 0.4) is 0 Å². The fourth-order valence-corrected chi connectivity index (χ4v) is 2.01. The molecule has 0 atom stereocenters. The summed E-state index contributed by atoms with van der Waals surface area (Å²) in [5.74, 6) is 0.0509. The quantitative estimate of drug-likeness (QED) is 0.721. The Hall–Kier alpha value is -1.43. The third-order valence-corrected chi connectivity index (χ3v) is 3.34. The van der Waals surface area contributed by atoms with Gasteiger partial charge in [0.25, 0.3) is 0 Å². The van der Waals surface area contributed by atoms with Crippen molar-refractivity contribution in [3.63, 3.8) is 0 Å². The van der Waals surface area contributed by atoms with Crippen molar-refractivity contribution in [2.45, 2.75) is 19.4 Å². The van der Waals surface area contributed by atoms with Gasteiger partial charge in [-0.3, -0.25) is 4.79 Å². The number of benzene rings is 1. The van der Waals surface area contributed by atoms with Crippen LogP contribution in [0.2, 0.25) is 0 Å². The van der Waals surface area contributed by atoms with E-state index in [9.17, 15) is 4.79 Å². The molecule has 0 saturated carbocycles. The van der Waals surface area contributed by atoms with Crippen LogP contribution in [-0.4, -0.2) is 56.5 Å². The number of anilines is 1. The van der Waals surface area contributed by atoms with Crippen molar-refractivity contribution in [1.82, 2.24) is 9.80 Å². The third-order valence-electron chi connectivity index (χ3n) is 3.34. The van der Waals surface area contributed by atoms with E-state index in [1.165, 1.54) is 0 Å². The van der Waals surface area contributed by atoms with Crippen molar-refractivity contribution < 1.29 is 4.79 Å². The van der Waals surface area contributed by atoms with Gasteiger partial charge in [0, 0.05) is 25.2 Å². The maximum Gasteiger partial charge on any atom is 0.225 e. The van der Waals surface area contributed by atoms with Gasteiger partial charge in [-0.05, 0) is 58.3 Å². The number of hydrogen-bond acceptors (Lipinski definition) is 4. The molecule has 0 aliphatic rings. The molecular formula is C16H28N4O. The lowest BCUT2D eigenvalue weighted by atomic mass is 10.2. The van der Waals surface area contributed by atoms with E-state index in [0.717, 1.165) is 37.3 Å². The van der Waals surface area contributed by atoms with Crippen molar-refractivity contribution in [2.75, 3.05) is 46.1 Å². The molecule has 0 spiro atoms. The van der Waals surface area contributed by atoms with E-state index in [1.807, 2.05) is 24.3 Å². The summed E-state index contributed by atoms with van der Waals surface area (Å²) in [5, 5.41) is 2.91. The highest BCUT2D eigenvalue weighted by Crippen LogP contribution is 2.09. The van der Waals surface area contributed by atoms with Gasteiger partial charge < -0.3 is 20.9 Å². The Kier molecular flexibility index (Phi) is 7.97. The number of rotatable bonds is 9. The topological polar surface area (TPSA) is 61.6 Å². The first-order chi connectivity index (χ1) is 10.0. The molecule has 5 heteroatoms. The van der Waals surface area contributed by atoms with E-state index >= 15 is 0 Å². The maximum atomic E-state index is 11.9. The highest BCUT2D eigenvalue weighted by Gasteiger charge is 2.05. The van der Waals surface area contributed by atoms with E-state index < -0.39 is 0 Å². The first-order valence-corrected chi connectivity index (χ1v) is 7.43. The SMILES string of the molecule is CN(C)CCCN(C)CCC(=O)Nc1ccc(CN)cc1. The lowest BCUT2D eigenvalue weighted by Crippen LogP contribution is -2.27. The monoisotopic (exact) mass is 292 g/mol. The van der Waals surface area contributed by atoms with Crippen LogP contribution in [0.1, 0.15) is 18.4 Å². The molecule has 21 heavy (non-hydrogen) atoms. The van der Waals surface area contributed by atoms with E-state index in [1.54, 1.807) is 0 Å². The van der Waals surface area contributed by atoms with Gasteiger partial charge in [0.15, 0.2) is 0 Å². The molecule has 118 valence electrons. The summed E-state index contributed by atoms with van der Waals surface area (Å²) in [6.45, 7) is 3.38. The number of carbonyl (C=O) groups is 1. The maximum absolute atomic E-state index is 11.9. The zero-order chi connectivity index (χ0) is 15.7. The fraction of sp³-hybridized carbons (Fsp3) is 0.562. The molecular weight excluding hydrogens is 264 g/mol. The van der Waals surface area contributed by atoms with E-state index in [-0.39, 0.29) is 5.91 Å². The second kappa shape index (κ2) is 9.50. The molecule has 1 aromatic rings. The molecule has 0 aliphatic heterocycles. The van der Waals surface area contributed by atoms with Crippen LogP contribution in [0.4, 0.5) is 5.69 Å². The first kappa shape index (κ1) is 17.6. The number of nitrogens with zero attached hydrogens (tertiary/aromatic N) is 2. The van der Waals surface area contributed by atoms with Gasteiger partial charge in [0.2, 0.25) is 5.91 Å². The summed E-state index contributed by atoms with van der Waals surface area (Å²) >= 11 is 0. The van der Waals surface area contributed by atoms with Crippen LogP contribution in [-0.2, 0) is 11.3 Å². The van der Waals surface area contributed by atoms with Gasteiger partial charge in [-0.1, -0.05) is 12.1 Å². The highest BCUT2D eigenvalue weighted by molar-refractivity contribution is 5.90. The van der Waals surface area contributed by atoms with E-state index in [4.69, 9.17) is 5.73 Å². The lowest BCUT2D eigenvalue weighted by molar-refractivity contribution is -0.116. The lowest BCUT2D eigenvalue weighted by Gasteiger charge is -2.17. The van der Waals surface area contributed by atoms with Crippen molar-refractivity contribution in [3.05, 3.63) is 29.8 Å². The average molecular weight is 292 g/mol. The molecule has 0 bridgehead atoms. The predicted molar refractivity (Wildman–Crippen MR) is 88.2 cm³/mol. The molecule has 1 amide bonds. The van der Waals surface area contributed by atoms with Gasteiger partial charge in [-0.2, -0.15) is 0 Å². The summed E-state index contributed by atoms with van der Waals surface area (Å²) < 4.78 is 0. The Morgan fingerprint density at radius 1 is 1.10 bits per heavy atom. The summed E-state index contributed by atoms with van der Waals surface area (Å²) in [6, 6.07) is 7.65. The van der Waals surface area contributed by atoms with Gasteiger partial charge >= 0.3 is 0 Å². The molecule has 0 unspecified atom stereocenters. The molecule has 0 radical (unpaired) electrons. The molecule has 5 nitrogen and oxygen atoms in total. The Bertz CT molecular complexity index is 417. The Balaban J connectivity index is 2.23. The highest BCUT2D eigenvalue weighted by atomic mass is 16.1. The second-order valence-corrected chi connectivity index (χ2v) is 5.66. The fourth-order valence-electron chi connectivity index (χ4n) is 2.01. The summed E-state index contributed by atoms with van der Waals surface area (Å²) in [6.07, 6.45) is 1.63. The molecule has 0 saturated heterocycles. The van der Waals surface area contributed by atoms with Crippen LogP contribution in [0.15, 0.2) is 24.3 Å². The predicted octanol–water partition coefficient (Wildman–Crippen LogP) is 1.36. The van der Waals surface area contributed by atoms with Gasteiger partial charge in [0.05, 0.1) is 0 Å². The van der Waals surface area contributed by atoms with Gasteiger partial charge in [-0.25, -0.2) is 0 Å². The zero-order valence-electron chi connectivity index (χ0n) is 13.4. The number of hydrogen-bond donors (Lipinski definition) is 2. The second-order valence-electron chi connectivity index (χ2n) is 5.66. The standard InChI is InChI=1S/C16H28N4O/c1-19(2)10-4-11-20(3)12-9-16(21)18-15-7-5-14(13-17)6-8-15/h5-8H,4,9-13,17H2,1-3H3,(H,18,21). The van der Waals surface area contributed by atoms with Gasteiger partial charge in [-0.15, -0.1) is 0 Å².